The number of benzene rings is 1. The van der Waals surface area contributed by atoms with Gasteiger partial charge in [-0.15, -0.1) is 0 Å². The molecule has 3 aliphatic rings. The van der Waals surface area contributed by atoms with E-state index >= 15 is 0 Å². The van der Waals surface area contributed by atoms with Crippen LogP contribution in [0.4, 0.5) is 4.39 Å². The van der Waals surface area contributed by atoms with Gasteiger partial charge < -0.3 is 4.90 Å². The number of carbonyl (C=O) groups excluding carboxylic acids is 1. The van der Waals surface area contributed by atoms with Gasteiger partial charge in [0.1, 0.15) is 5.82 Å². The van der Waals surface area contributed by atoms with Crippen LogP contribution in [-0.4, -0.2) is 41.4 Å². The second-order valence-electron chi connectivity index (χ2n) is 6.48. The van der Waals surface area contributed by atoms with Crippen LogP contribution in [0.5, 0.6) is 0 Å². The average molecular weight is 359 g/mol. The molecule has 2 atom stereocenters. The third kappa shape index (κ3) is 3.35. The zero-order chi connectivity index (χ0) is 16.6. The van der Waals surface area contributed by atoms with Gasteiger partial charge in [-0.2, -0.15) is 0 Å². The summed E-state index contributed by atoms with van der Waals surface area (Å²) >= 11 is 12.2. The number of piperidine rings is 1. The molecule has 3 fully saturated rings. The van der Waals surface area contributed by atoms with E-state index in [1.165, 1.54) is 12.1 Å². The maximum absolute atomic E-state index is 14.1. The van der Waals surface area contributed by atoms with E-state index in [1.54, 1.807) is 0 Å². The zero-order valence-corrected chi connectivity index (χ0v) is 14.7. The first-order valence-electron chi connectivity index (χ1n) is 8.16. The fourth-order valence-corrected chi connectivity index (χ4v) is 4.12. The molecular formula is C17H21Cl2FN2O. The van der Waals surface area contributed by atoms with Gasteiger partial charge in [0.2, 0.25) is 5.91 Å². The highest BCUT2D eigenvalue weighted by Crippen LogP contribution is 2.33. The van der Waals surface area contributed by atoms with Gasteiger partial charge in [0.25, 0.3) is 0 Å². The Morgan fingerprint density at radius 1 is 1.26 bits per heavy atom. The number of hydrogen-bond donors (Lipinski definition) is 0. The Morgan fingerprint density at radius 2 is 2.04 bits per heavy atom. The Balaban J connectivity index is 1.81. The lowest BCUT2D eigenvalue weighted by atomic mass is 9.94. The van der Waals surface area contributed by atoms with E-state index in [-0.39, 0.29) is 28.7 Å². The molecule has 0 spiro atoms. The molecule has 0 radical (unpaired) electrons. The van der Waals surface area contributed by atoms with Crippen molar-refractivity contribution in [1.82, 2.24) is 9.80 Å². The number of nitrogens with zero attached hydrogens (tertiary/aromatic N) is 2. The number of rotatable bonds is 4. The van der Waals surface area contributed by atoms with E-state index in [2.05, 4.69) is 11.8 Å². The Morgan fingerprint density at radius 3 is 2.78 bits per heavy atom. The van der Waals surface area contributed by atoms with Gasteiger partial charge >= 0.3 is 0 Å². The molecule has 3 saturated heterocycles. The summed E-state index contributed by atoms with van der Waals surface area (Å²) in [6.45, 7) is 4.72. The quantitative estimate of drug-likeness (QED) is 0.760. The van der Waals surface area contributed by atoms with Crippen LogP contribution < -0.4 is 0 Å². The van der Waals surface area contributed by atoms with Crippen molar-refractivity contribution < 1.29 is 9.18 Å². The number of hydrogen-bond acceptors (Lipinski definition) is 2. The molecule has 0 N–H and O–H groups in total. The van der Waals surface area contributed by atoms with E-state index < -0.39 is 0 Å². The molecule has 6 heteroatoms. The third-order valence-corrected chi connectivity index (χ3v) is 5.70. The van der Waals surface area contributed by atoms with Crippen LogP contribution in [-0.2, 0) is 11.3 Å². The normalized spacial score (nSPS) is 25.0. The van der Waals surface area contributed by atoms with E-state index in [0.717, 1.165) is 32.4 Å². The van der Waals surface area contributed by atoms with Gasteiger partial charge in [0, 0.05) is 37.8 Å². The van der Waals surface area contributed by atoms with Crippen LogP contribution in [0.15, 0.2) is 12.1 Å². The first-order chi connectivity index (χ1) is 11.0. The fraction of sp³-hybridized carbons (Fsp3) is 0.588. The molecule has 3 nitrogen and oxygen atoms in total. The van der Waals surface area contributed by atoms with E-state index in [4.69, 9.17) is 23.2 Å². The second-order valence-corrected chi connectivity index (χ2v) is 7.26. The smallest absolute Gasteiger partial charge is 0.227 e. The van der Waals surface area contributed by atoms with E-state index in [0.29, 0.717) is 23.7 Å². The first kappa shape index (κ1) is 17.0. The monoisotopic (exact) mass is 358 g/mol. The summed E-state index contributed by atoms with van der Waals surface area (Å²) in [6, 6.07) is 3.05. The first-order valence-corrected chi connectivity index (χ1v) is 8.92. The van der Waals surface area contributed by atoms with Crippen LogP contribution in [0.2, 0.25) is 10.0 Å². The third-order valence-electron chi connectivity index (χ3n) is 4.85. The standard InChI is InChI=1S/C17H21Cl2FN2O/c1-2-7-22-12-4-3-11(17(22)23)8-21(9-12)10-13-15(20)6-5-14(18)16(13)19/h5-6,11-12H,2-4,7-10H2,1H3/t11-,12+/m0/s1. The van der Waals surface area contributed by atoms with Crippen molar-refractivity contribution in [1.29, 1.82) is 0 Å². The molecule has 2 bridgehead atoms. The van der Waals surface area contributed by atoms with Crippen molar-refractivity contribution >= 4 is 29.1 Å². The Hall–Kier alpha value is -0.840. The predicted octanol–water partition coefficient (Wildman–Crippen LogP) is 3.97. The SMILES string of the molecule is CCCN1C(=O)[C@H]2CC[C@@H]1CN(Cc1c(F)ccc(Cl)c1Cl)C2. The van der Waals surface area contributed by atoms with Crippen molar-refractivity contribution in [2.75, 3.05) is 19.6 Å². The van der Waals surface area contributed by atoms with Crippen LogP contribution in [0, 0.1) is 11.7 Å². The molecule has 1 amide bonds. The lowest BCUT2D eigenvalue weighted by Crippen LogP contribution is -2.48. The maximum atomic E-state index is 14.1. The minimum absolute atomic E-state index is 0.0151. The number of amides is 1. The average Bonchev–Trinajstić information content (AvgIpc) is 2.80. The highest BCUT2D eigenvalue weighted by Gasteiger charge is 2.40. The summed E-state index contributed by atoms with van der Waals surface area (Å²) < 4.78 is 14.1. The van der Waals surface area contributed by atoms with Crippen LogP contribution in [0.3, 0.4) is 0 Å². The number of fused-ring (bicyclic) bond motifs is 4. The largest absolute Gasteiger partial charge is 0.338 e. The van der Waals surface area contributed by atoms with Crippen LogP contribution >= 0.6 is 23.2 Å². The summed E-state index contributed by atoms with van der Waals surface area (Å²) in [5.74, 6) is -0.0719. The molecular weight excluding hydrogens is 338 g/mol. The molecule has 4 rings (SSSR count). The number of carbonyl (C=O) groups is 1. The van der Waals surface area contributed by atoms with Crippen molar-refractivity contribution in [2.45, 2.75) is 38.8 Å². The van der Waals surface area contributed by atoms with Crippen LogP contribution in [0.1, 0.15) is 31.7 Å². The van der Waals surface area contributed by atoms with E-state index in [1.807, 2.05) is 4.90 Å². The van der Waals surface area contributed by atoms with Crippen LogP contribution in [0.25, 0.3) is 0 Å². The molecule has 23 heavy (non-hydrogen) atoms. The van der Waals surface area contributed by atoms with Gasteiger partial charge in [0.05, 0.1) is 16.0 Å². The second kappa shape index (κ2) is 6.96. The molecule has 0 unspecified atom stereocenters. The lowest BCUT2D eigenvalue weighted by Gasteiger charge is -2.35. The topological polar surface area (TPSA) is 23.6 Å². The Bertz CT molecular complexity index is 611. The summed E-state index contributed by atoms with van der Waals surface area (Å²) in [6.07, 6.45) is 2.91. The predicted molar refractivity (Wildman–Crippen MR) is 90.2 cm³/mol. The lowest BCUT2D eigenvalue weighted by molar-refractivity contribution is -0.139. The van der Waals surface area contributed by atoms with Gasteiger partial charge in [-0.05, 0) is 31.4 Å². The highest BCUT2D eigenvalue weighted by atomic mass is 35.5. The molecule has 0 aromatic heterocycles. The number of halogens is 3. The summed E-state index contributed by atoms with van der Waals surface area (Å²) in [5, 5.41) is 0.643. The fourth-order valence-electron chi connectivity index (χ4n) is 3.73. The summed E-state index contributed by atoms with van der Waals surface area (Å²) in [4.78, 5) is 16.7. The molecule has 0 aliphatic carbocycles. The van der Waals surface area contributed by atoms with Gasteiger partial charge in [-0.3, -0.25) is 9.69 Å². The molecule has 3 heterocycles. The minimum Gasteiger partial charge on any atom is -0.338 e. The minimum atomic E-state index is -0.340. The molecule has 126 valence electrons. The van der Waals surface area contributed by atoms with E-state index in [9.17, 15) is 9.18 Å². The maximum Gasteiger partial charge on any atom is 0.227 e. The van der Waals surface area contributed by atoms with Gasteiger partial charge in [-0.25, -0.2) is 4.39 Å². The Kier molecular flexibility index (Phi) is 5.14. The summed E-state index contributed by atoms with van der Waals surface area (Å²) in [5.41, 5.74) is 0.426. The Labute approximate surface area is 146 Å². The van der Waals surface area contributed by atoms with Gasteiger partial charge in [0.15, 0.2) is 0 Å². The molecule has 1 aromatic rings. The molecule has 1 aromatic carbocycles. The summed E-state index contributed by atoms with van der Waals surface area (Å²) in [7, 11) is 0. The van der Waals surface area contributed by atoms with Crippen molar-refractivity contribution in [2.24, 2.45) is 5.92 Å². The molecule has 0 saturated carbocycles. The highest BCUT2D eigenvalue weighted by molar-refractivity contribution is 6.42. The van der Waals surface area contributed by atoms with Crippen molar-refractivity contribution in [3.8, 4) is 0 Å². The molecule has 3 aliphatic heterocycles. The van der Waals surface area contributed by atoms with Crippen molar-refractivity contribution in [3.05, 3.63) is 33.6 Å². The zero-order valence-electron chi connectivity index (χ0n) is 13.2. The van der Waals surface area contributed by atoms with Gasteiger partial charge in [-0.1, -0.05) is 30.1 Å². The van der Waals surface area contributed by atoms with Crippen molar-refractivity contribution in [3.63, 3.8) is 0 Å².